The van der Waals surface area contributed by atoms with Crippen LogP contribution in [-0.4, -0.2) is 21.7 Å². The van der Waals surface area contributed by atoms with Crippen LogP contribution in [0, 0.1) is 16.7 Å². The van der Waals surface area contributed by atoms with Gasteiger partial charge >= 0.3 is 0 Å². The second-order valence-electron chi connectivity index (χ2n) is 4.04. The van der Waals surface area contributed by atoms with E-state index in [1.807, 2.05) is 6.92 Å². The van der Waals surface area contributed by atoms with Crippen LogP contribution >= 0.6 is 0 Å². The summed E-state index contributed by atoms with van der Waals surface area (Å²) in [6, 6.07) is 8.77. The molecule has 8 heteroatoms. The molecule has 0 amide bonds. The lowest BCUT2D eigenvalue weighted by Crippen LogP contribution is -2.21. The maximum absolute atomic E-state index is 8.72. The molecule has 106 valence electrons. The number of rotatable bonds is 5. The lowest BCUT2D eigenvalue weighted by molar-refractivity contribution is 0.423. The minimum atomic E-state index is -0.389. The largest absolute Gasteiger partial charge is 0.382 e. The van der Waals surface area contributed by atoms with Crippen molar-refractivity contribution in [1.29, 1.82) is 10.7 Å². The Balaban J connectivity index is 2.12. The highest BCUT2D eigenvalue weighted by atomic mass is 16.5. The minimum absolute atomic E-state index is 0.177. The minimum Gasteiger partial charge on any atom is -0.382 e. The summed E-state index contributed by atoms with van der Waals surface area (Å²) < 4.78 is 5.13. The molecule has 2 rings (SSSR count). The number of nitriles is 1. The fourth-order valence-corrected chi connectivity index (χ4v) is 1.47. The van der Waals surface area contributed by atoms with Gasteiger partial charge in [0.1, 0.15) is 6.07 Å². The van der Waals surface area contributed by atoms with Crippen LogP contribution in [0.15, 0.2) is 33.9 Å². The van der Waals surface area contributed by atoms with Gasteiger partial charge in [0, 0.05) is 12.0 Å². The molecule has 0 bridgehead atoms. The van der Waals surface area contributed by atoms with E-state index in [4.69, 9.17) is 20.9 Å². The number of hydrazone groups is 1. The molecule has 0 aliphatic carbocycles. The Bertz CT molecular complexity index is 709. The van der Waals surface area contributed by atoms with Gasteiger partial charge in [-0.05, 0) is 24.3 Å². The number of nitrogens with one attached hydrogen (secondary N) is 2. The topological polar surface area (TPSA) is 137 Å². The van der Waals surface area contributed by atoms with Gasteiger partial charge in [0.25, 0.3) is 5.89 Å². The summed E-state index contributed by atoms with van der Waals surface area (Å²) in [4.78, 5) is 4.23. The van der Waals surface area contributed by atoms with Gasteiger partial charge in [0.05, 0.1) is 5.69 Å². The van der Waals surface area contributed by atoms with E-state index in [1.165, 1.54) is 0 Å². The van der Waals surface area contributed by atoms with Crippen LogP contribution in [0.4, 0.5) is 5.69 Å². The average molecular weight is 283 g/mol. The summed E-state index contributed by atoms with van der Waals surface area (Å²) in [5, 5.41) is 23.4. The SMILES string of the molecule is CCc1noc(-c2ccc(N/N=C(\C#N)C(=N)N)cc2)n1. The maximum Gasteiger partial charge on any atom is 0.257 e. The zero-order valence-corrected chi connectivity index (χ0v) is 11.3. The standard InChI is InChI=1S/C13H13N7O/c1-2-11-17-13(21-20-11)8-3-5-9(6-4-8)18-19-10(7-14)12(15)16/h3-6,18H,2H2,1H3,(H3,15,16)/b19-10+. The van der Waals surface area contributed by atoms with E-state index in [0.717, 1.165) is 5.56 Å². The van der Waals surface area contributed by atoms with Crippen molar-refractivity contribution in [3.8, 4) is 17.5 Å². The van der Waals surface area contributed by atoms with Crippen LogP contribution in [0.3, 0.4) is 0 Å². The molecule has 1 heterocycles. The van der Waals surface area contributed by atoms with Gasteiger partial charge in [-0.2, -0.15) is 15.3 Å². The summed E-state index contributed by atoms with van der Waals surface area (Å²) in [6.45, 7) is 1.95. The van der Waals surface area contributed by atoms with E-state index < -0.39 is 0 Å². The van der Waals surface area contributed by atoms with E-state index >= 15 is 0 Å². The van der Waals surface area contributed by atoms with Gasteiger partial charge in [-0.15, -0.1) is 0 Å². The third-order valence-corrected chi connectivity index (χ3v) is 2.57. The van der Waals surface area contributed by atoms with E-state index in [1.54, 1.807) is 30.3 Å². The molecule has 1 aromatic carbocycles. The van der Waals surface area contributed by atoms with Gasteiger partial charge in [0.15, 0.2) is 11.7 Å². The number of benzene rings is 1. The Morgan fingerprint density at radius 3 is 2.71 bits per heavy atom. The molecule has 0 radical (unpaired) electrons. The highest BCUT2D eigenvalue weighted by Crippen LogP contribution is 2.19. The molecule has 0 atom stereocenters. The summed E-state index contributed by atoms with van der Waals surface area (Å²) in [7, 11) is 0. The summed E-state index contributed by atoms with van der Waals surface area (Å²) >= 11 is 0. The highest BCUT2D eigenvalue weighted by molar-refractivity contribution is 6.45. The normalized spacial score (nSPS) is 11.0. The van der Waals surface area contributed by atoms with E-state index in [9.17, 15) is 0 Å². The first-order valence-corrected chi connectivity index (χ1v) is 6.15. The number of aryl methyl sites for hydroxylation is 1. The van der Waals surface area contributed by atoms with Gasteiger partial charge < -0.3 is 10.3 Å². The zero-order valence-electron chi connectivity index (χ0n) is 11.3. The van der Waals surface area contributed by atoms with Crippen LogP contribution in [0.5, 0.6) is 0 Å². The molecule has 4 N–H and O–H groups in total. The molecule has 0 aliphatic rings. The monoisotopic (exact) mass is 283 g/mol. The first-order chi connectivity index (χ1) is 10.1. The number of anilines is 1. The highest BCUT2D eigenvalue weighted by Gasteiger charge is 2.07. The lowest BCUT2D eigenvalue weighted by Gasteiger charge is -2.01. The zero-order chi connectivity index (χ0) is 15.2. The molecule has 2 aromatic rings. The van der Waals surface area contributed by atoms with Crippen molar-refractivity contribution < 1.29 is 4.52 Å². The van der Waals surface area contributed by atoms with Crippen LogP contribution in [-0.2, 0) is 6.42 Å². The van der Waals surface area contributed by atoms with Gasteiger partial charge in [0.2, 0.25) is 5.71 Å². The van der Waals surface area contributed by atoms with Gasteiger partial charge in [-0.1, -0.05) is 12.1 Å². The Morgan fingerprint density at radius 2 is 2.19 bits per heavy atom. The smallest absolute Gasteiger partial charge is 0.257 e. The summed E-state index contributed by atoms with van der Waals surface area (Å²) in [5.74, 6) is 0.708. The molecule has 8 nitrogen and oxygen atoms in total. The van der Waals surface area contributed by atoms with Crippen molar-refractivity contribution in [1.82, 2.24) is 10.1 Å². The molecule has 0 aliphatic heterocycles. The van der Waals surface area contributed by atoms with E-state index in [2.05, 4.69) is 20.7 Å². The number of hydrogen-bond acceptors (Lipinski definition) is 7. The predicted octanol–water partition coefficient (Wildman–Crippen LogP) is 1.53. The number of nitrogens with zero attached hydrogens (tertiary/aromatic N) is 4. The molecular weight excluding hydrogens is 270 g/mol. The molecule has 0 saturated heterocycles. The predicted molar refractivity (Wildman–Crippen MR) is 77.7 cm³/mol. The second-order valence-corrected chi connectivity index (χ2v) is 4.04. The van der Waals surface area contributed by atoms with Crippen molar-refractivity contribution in [2.75, 3.05) is 5.43 Å². The van der Waals surface area contributed by atoms with Crippen LogP contribution in [0.1, 0.15) is 12.7 Å². The fraction of sp³-hybridized carbons (Fsp3) is 0.154. The lowest BCUT2D eigenvalue weighted by atomic mass is 10.2. The Kier molecular flexibility index (Phi) is 4.26. The molecule has 21 heavy (non-hydrogen) atoms. The third kappa shape index (κ3) is 3.42. The third-order valence-electron chi connectivity index (χ3n) is 2.57. The molecular formula is C13H13N7O. The van der Waals surface area contributed by atoms with Crippen molar-refractivity contribution in [3.63, 3.8) is 0 Å². The van der Waals surface area contributed by atoms with E-state index in [0.29, 0.717) is 23.8 Å². The molecule has 0 unspecified atom stereocenters. The fourth-order valence-electron chi connectivity index (χ4n) is 1.47. The number of amidine groups is 1. The van der Waals surface area contributed by atoms with Crippen LogP contribution in [0.2, 0.25) is 0 Å². The Hall–Kier alpha value is -3.21. The Morgan fingerprint density at radius 1 is 1.48 bits per heavy atom. The summed E-state index contributed by atoms with van der Waals surface area (Å²) in [5.41, 5.74) is 9.09. The van der Waals surface area contributed by atoms with Crippen molar-refractivity contribution in [2.45, 2.75) is 13.3 Å². The van der Waals surface area contributed by atoms with Crippen molar-refractivity contribution in [2.24, 2.45) is 10.8 Å². The van der Waals surface area contributed by atoms with Crippen molar-refractivity contribution >= 4 is 17.2 Å². The molecule has 0 spiro atoms. The van der Waals surface area contributed by atoms with E-state index in [-0.39, 0.29) is 11.5 Å². The molecule has 0 fully saturated rings. The van der Waals surface area contributed by atoms with Gasteiger partial charge in [-0.3, -0.25) is 10.8 Å². The second kappa shape index (κ2) is 6.29. The van der Waals surface area contributed by atoms with Gasteiger partial charge in [-0.25, -0.2) is 0 Å². The summed E-state index contributed by atoms with van der Waals surface area (Å²) in [6.07, 6.45) is 0.708. The molecule has 1 aromatic heterocycles. The van der Waals surface area contributed by atoms with Crippen LogP contribution < -0.4 is 11.2 Å². The quantitative estimate of drug-likeness (QED) is 0.432. The Labute approximate surface area is 120 Å². The number of hydrogen-bond donors (Lipinski definition) is 3. The van der Waals surface area contributed by atoms with Crippen molar-refractivity contribution in [3.05, 3.63) is 30.1 Å². The van der Waals surface area contributed by atoms with Crippen LogP contribution in [0.25, 0.3) is 11.5 Å². The first kappa shape index (κ1) is 14.2. The maximum atomic E-state index is 8.72. The number of aromatic nitrogens is 2. The first-order valence-electron chi connectivity index (χ1n) is 6.15. The average Bonchev–Trinajstić information content (AvgIpc) is 2.97. The molecule has 0 saturated carbocycles. The number of nitrogens with two attached hydrogens (primary N) is 1.